The number of aliphatic hydroxyl groups excluding tert-OH is 10. The number of ether oxygens (including phenoxy) is 7. The number of hydrogen-bond acceptors (Lipinski definition) is 20. The summed E-state index contributed by atoms with van der Waals surface area (Å²) in [6, 6.07) is 0. The van der Waals surface area contributed by atoms with Crippen LogP contribution in [0.4, 0.5) is 0 Å². The summed E-state index contributed by atoms with van der Waals surface area (Å²) in [5, 5.41) is 116. The van der Waals surface area contributed by atoms with Gasteiger partial charge in [0.05, 0.1) is 32.3 Å². The van der Waals surface area contributed by atoms with Crippen molar-refractivity contribution in [1.29, 1.82) is 0 Å². The van der Waals surface area contributed by atoms with Gasteiger partial charge in [-0.2, -0.15) is 0 Å². The lowest BCUT2D eigenvalue weighted by Gasteiger charge is -2.48. The third kappa shape index (κ3) is 14.7. The Morgan fingerprint density at radius 2 is 0.966 bits per heavy atom. The molecule has 3 fully saturated rings. The molecule has 10 N–H and O–H groups in total. The van der Waals surface area contributed by atoms with Crippen molar-refractivity contribution in [2.24, 2.45) is 0 Å². The van der Waals surface area contributed by atoms with Crippen LogP contribution in [0.15, 0.2) is 0 Å². The average molecular weight is 844 g/mol. The van der Waals surface area contributed by atoms with Gasteiger partial charge in [-0.05, 0) is 19.3 Å². The SMILES string of the molecule is CCCCCCCC(CC(=O)[O-])OC(=O)CC(CCCCCCC)OC1OC(CO)C(OC2OC(CO)C(OC3OC(CO)C(O)C(O)C3O)C(O)C2O)C(O)C1O. The highest BCUT2D eigenvalue weighted by Gasteiger charge is 2.53. The number of carboxylic acids is 1. The number of unbranched alkanes of at least 4 members (excludes halogenated alkanes) is 8. The molecule has 3 rings (SSSR count). The van der Waals surface area contributed by atoms with Gasteiger partial charge in [0.1, 0.15) is 79.4 Å². The molecule has 17 atom stereocenters. The summed E-state index contributed by atoms with van der Waals surface area (Å²) in [7, 11) is 0. The summed E-state index contributed by atoms with van der Waals surface area (Å²) in [5.74, 6) is -2.10. The normalized spacial score (nSPS) is 36.7. The predicted molar refractivity (Wildman–Crippen MR) is 195 cm³/mol. The van der Waals surface area contributed by atoms with Gasteiger partial charge in [-0.3, -0.25) is 4.79 Å². The van der Waals surface area contributed by atoms with E-state index in [9.17, 15) is 65.8 Å². The minimum Gasteiger partial charge on any atom is -0.550 e. The summed E-state index contributed by atoms with van der Waals surface area (Å²) < 4.78 is 39.6. The Hall–Kier alpha value is -1.70. The fourth-order valence-electron chi connectivity index (χ4n) is 7.32. The van der Waals surface area contributed by atoms with Crippen LogP contribution in [0.5, 0.6) is 0 Å². The highest BCUT2D eigenvalue weighted by atomic mass is 16.8. The van der Waals surface area contributed by atoms with Crippen LogP contribution in [-0.2, 0) is 42.7 Å². The van der Waals surface area contributed by atoms with Crippen molar-refractivity contribution in [2.45, 2.75) is 208 Å². The summed E-state index contributed by atoms with van der Waals surface area (Å²) >= 11 is 0. The molecule has 3 aliphatic heterocycles. The van der Waals surface area contributed by atoms with Crippen LogP contribution >= 0.6 is 0 Å². The average Bonchev–Trinajstić information content (AvgIpc) is 3.19. The molecule has 3 heterocycles. The van der Waals surface area contributed by atoms with Gasteiger partial charge in [0.15, 0.2) is 18.9 Å². The maximum absolute atomic E-state index is 13.1. The molecule has 0 saturated carbocycles. The first kappa shape index (κ1) is 50.7. The van der Waals surface area contributed by atoms with Gasteiger partial charge < -0.3 is 94.1 Å². The zero-order chi connectivity index (χ0) is 42.9. The Kier molecular flexibility index (Phi) is 22.6. The third-order valence-electron chi connectivity index (χ3n) is 10.7. The zero-order valence-electron chi connectivity index (χ0n) is 33.4. The van der Waals surface area contributed by atoms with Crippen LogP contribution < -0.4 is 5.11 Å². The van der Waals surface area contributed by atoms with Crippen LogP contribution in [0, 0.1) is 0 Å². The summed E-state index contributed by atoms with van der Waals surface area (Å²) in [5.41, 5.74) is 0. The molecule has 0 radical (unpaired) electrons. The Balaban J connectivity index is 1.68. The minimum atomic E-state index is -1.99. The van der Waals surface area contributed by atoms with E-state index in [-0.39, 0.29) is 6.42 Å². The molecule has 58 heavy (non-hydrogen) atoms. The van der Waals surface area contributed by atoms with Crippen molar-refractivity contribution in [3.05, 3.63) is 0 Å². The van der Waals surface area contributed by atoms with Gasteiger partial charge in [0.2, 0.25) is 0 Å². The van der Waals surface area contributed by atoms with Crippen molar-refractivity contribution in [3.8, 4) is 0 Å². The van der Waals surface area contributed by atoms with Crippen LogP contribution in [0.25, 0.3) is 0 Å². The number of hydrogen-bond donors (Lipinski definition) is 10. The van der Waals surface area contributed by atoms with E-state index >= 15 is 0 Å². The second kappa shape index (κ2) is 25.9. The van der Waals surface area contributed by atoms with Crippen molar-refractivity contribution >= 4 is 11.9 Å². The van der Waals surface area contributed by atoms with Crippen LogP contribution in [0.2, 0.25) is 0 Å². The van der Waals surface area contributed by atoms with Gasteiger partial charge in [0, 0.05) is 12.4 Å². The number of carboxylic acid groups (broad SMARTS) is 1. The first-order valence-corrected chi connectivity index (χ1v) is 20.6. The monoisotopic (exact) mass is 843 g/mol. The van der Waals surface area contributed by atoms with Crippen molar-refractivity contribution in [3.63, 3.8) is 0 Å². The standard InChI is InChI=1S/C38H68O20/c1-3-5-7-9-11-13-20(15-25(42)43)52-26(44)16-21(14-12-10-8-6-4-2)53-36-32(50)29(47)34(23(18-40)55-36)58-38-33(51)30(48)35(24(19-41)56-38)57-37-31(49)28(46)27(45)22(17-39)54-37/h20-24,27-41,45-51H,3-19H2,1-2H3,(H,42,43)/p-1. The van der Waals surface area contributed by atoms with Gasteiger partial charge >= 0.3 is 5.97 Å². The lowest BCUT2D eigenvalue weighted by Crippen LogP contribution is -2.66. The Morgan fingerprint density at radius 1 is 0.534 bits per heavy atom. The largest absolute Gasteiger partial charge is 0.550 e. The first-order valence-electron chi connectivity index (χ1n) is 20.6. The zero-order valence-corrected chi connectivity index (χ0v) is 33.4. The fourth-order valence-corrected chi connectivity index (χ4v) is 7.32. The number of aliphatic carboxylic acids is 1. The smallest absolute Gasteiger partial charge is 0.308 e. The molecule has 0 amide bonds. The Labute approximate surface area is 338 Å². The van der Waals surface area contributed by atoms with E-state index < -0.39 is 143 Å². The molecule has 0 aromatic heterocycles. The van der Waals surface area contributed by atoms with E-state index in [1.807, 2.05) is 0 Å². The molecule has 20 nitrogen and oxygen atoms in total. The van der Waals surface area contributed by atoms with E-state index in [1.54, 1.807) is 0 Å². The lowest BCUT2D eigenvalue weighted by molar-refractivity contribution is -0.380. The van der Waals surface area contributed by atoms with E-state index in [1.165, 1.54) is 0 Å². The van der Waals surface area contributed by atoms with E-state index in [4.69, 9.17) is 33.2 Å². The van der Waals surface area contributed by atoms with Gasteiger partial charge in [-0.25, -0.2) is 0 Å². The molecule has 17 unspecified atom stereocenters. The summed E-state index contributed by atoms with van der Waals surface area (Å²) in [4.78, 5) is 24.6. The summed E-state index contributed by atoms with van der Waals surface area (Å²) in [6.07, 6.45) is -19.0. The van der Waals surface area contributed by atoms with Gasteiger partial charge in [-0.15, -0.1) is 0 Å². The molecular formula is C38H67O20-. The molecule has 0 spiro atoms. The molecule has 0 bridgehead atoms. The molecule has 20 heteroatoms. The van der Waals surface area contributed by atoms with Crippen molar-refractivity contribution < 1.29 is 98.9 Å². The number of carbonyl (C=O) groups excluding carboxylic acids is 2. The topological polar surface area (TPSA) is 324 Å². The van der Waals surface area contributed by atoms with Crippen molar-refractivity contribution in [2.75, 3.05) is 19.8 Å². The minimum absolute atomic E-state index is 0.308. The second-order valence-corrected chi connectivity index (χ2v) is 15.4. The number of carbonyl (C=O) groups is 2. The molecular weight excluding hydrogens is 776 g/mol. The molecule has 0 aromatic carbocycles. The summed E-state index contributed by atoms with van der Waals surface area (Å²) in [6.45, 7) is 1.67. The van der Waals surface area contributed by atoms with Gasteiger partial charge in [-0.1, -0.05) is 71.6 Å². The van der Waals surface area contributed by atoms with E-state index in [0.717, 1.165) is 51.4 Å². The predicted octanol–water partition coefficient (Wildman–Crippen LogP) is -3.02. The van der Waals surface area contributed by atoms with E-state index in [2.05, 4.69) is 13.8 Å². The number of esters is 1. The molecule has 340 valence electrons. The number of rotatable bonds is 26. The first-order chi connectivity index (χ1) is 27.7. The van der Waals surface area contributed by atoms with Gasteiger partial charge in [0.25, 0.3) is 0 Å². The maximum Gasteiger partial charge on any atom is 0.308 e. The van der Waals surface area contributed by atoms with Crippen LogP contribution in [-0.4, -0.2) is 187 Å². The molecule has 0 aromatic rings. The van der Waals surface area contributed by atoms with Crippen molar-refractivity contribution in [1.82, 2.24) is 0 Å². The number of aliphatic hydroxyl groups is 10. The van der Waals surface area contributed by atoms with E-state index in [0.29, 0.717) is 25.7 Å². The Morgan fingerprint density at radius 3 is 1.45 bits per heavy atom. The van der Waals surface area contributed by atoms with Crippen LogP contribution in [0.1, 0.15) is 104 Å². The molecule has 3 aliphatic rings. The quantitative estimate of drug-likeness (QED) is 0.0306. The molecule has 3 saturated heterocycles. The van der Waals surface area contributed by atoms with Crippen LogP contribution in [0.3, 0.4) is 0 Å². The Bertz CT molecular complexity index is 1160. The fraction of sp³-hybridized carbons (Fsp3) is 0.947. The highest BCUT2D eigenvalue weighted by molar-refractivity contribution is 5.71. The second-order valence-electron chi connectivity index (χ2n) is 15.4. The molecule has 0 aliphatic carbocycles. The maximum atomic E-state index is 13.1. The third-order valence-corrected chi connectivity index (χ3v) is 10.7. The lowest BCUT2D eigenvalue weighted by atomic mass is 9.96. The highest BCUT2D eigenvalue weighted by Crippen LogP contribution is 2.33.